The maximum Gasteiger partial charge on any atom is 0.326 e. The average molecular weight is 271 g/mol. The third-order valence-corrected chi connectivity index (χ3v) is 2.56. The number of aliphatic carboxylic acids is 1. The molecule has 1 atom stereocenters. The van der Waals surface area contributed by atoms with E-state index in [0.29, 0.717) is 24.1 Å². The Morgan fingerprint density at radius 2 is 2.17 bits per heavy atom. The molecular formula is C12H15ClN2O3. The number of aryl methyl sites for hydroxylation is 1. The van der Waals surface area contributed by atoms with Crippen LogP contribution in [-0.4, -0.2) is 28.0 Å². The Morgan fingerprint density at radius 3 is 2.67 bits per heavy atom. The molecule has 0 aromatic carbocycles. The lowest BCUT2D eigenvalue weighted by Crippen LogP contribution is -2.40. The van der Waals surface area contributed by atoms with Gasteiger partial charge >= 0.3 is 5.97 Å². The number of amides is 1. The monoisotopic (exact) mass is 270 g/mol. The topological polar surface area (TPSA) is 79.3 Å². The van der Waals surface area contributed by atoms with Crippen LogP contribution in [0.15, 0.2) is 12.1 Å². The Hall–Kier alpha value is -1.62. The quantitative estimate of drug-likeness (QED) is 0.803. The van der Waals surface area contributed by atoms with Gasteiger partial charge in [-0.15, -0.1) is 0 Å². The third kappa shape index (κ3) is 4.00. The zero-order chi connectivity index (χ0) is 13.7. The maximum atomic E-state index is 11.9. The van der Waals surface area contributed by atoms with Gasteiger partial charge in [-0.2, -0.15) is 0 Å². The summed E-state index contributed by atoms with van der Waals surface area (Å²) in [5, 5.41) is 11.6. The van der Waals surface area contributed by atoms with E-state index in [2.05, 4.69) is 10.3 Å². The Bertz CT molecular complexity index is 442. The van der Waals surface area contributed by atoms with Crippen molar-refractivity contribution >= 4 is 23.5 Å². The summed E-state index contributed by atoms with van der Waals surface area (Å²) in [6, 6.07) is 2.09. The van der Waals surface area contributed by atoms with Crippen LogP contribution >= 0.6 is 11.6 Å². The largest absolute Gasteiger partial charge is 0.480 e. The van der Waals surface area contributed by atoms with Gasteiger partial charge in [-0.05, 0) is 25.5 Å². The number of aromatic nitrogens is 1. The van der Waals surface area contributed by atoms with E-state index in [9.17, 15) is 9.59 Å². The zero-order valence-corrected chi connectivity index (χ0v) is 11.0. The number of carbonyl (C=O) groups excluding carboxylic acids is 1. The van der Waals surface area contributed by atoms with Gasteiger partial charge in [0.15, 0.2) is 0 Å². The van der Waals surface area contributed by atoms with Gasteiger partial charge in [0, 0.05) is 11.3 Å². The van der Waals surface area contributed by atoms with Gasteiger partial charge < -0.3 is 10.4 Å². The number of hydrogen-bond acceptors (Lipinski definition) is 3. The summed E-state index contributed by atoms with van der Waals surface area (Å²) < 4.78 is 0. The molecule has 98 valence electrons. The van der Waals surface area contributed by atoms with Crippen LogP contribution in [-0.2, 0) is 4.79 Å². The zero-order valence-electron chi connectivity index (χ0n) is 10.2. The van der Waals surface area contributed by atoms with Gasteiger partial charge in [0.1, 0.15) is 11.2 Å². The molecule has 6 heteroatoms. The molecule has 0 saturated carbocycles. The summed E-state index contributed by atoms with van der Waals surface area (Å²) in [7, 11) is 0. The average Bonchev–Trinajstić information content (AvgIpc) is 2.26. The molecule has 5 nitrogen and oxygen atoms in total. The molecule has 0 aliphatic rings. The first-order chi connectivity index (χ1) is 8.43. The summed E-state index contributed by atoms with van der Waals surface area (Å²) in [4.78, 5) is 26.8. The first kappa shape index (κ1) is 14.4. The van der Waals surface area contributed by atoms with Crippen LogP contribution in [0.2, 0.25) is 5.15 Å². The predicted octanol–water partition coefficient (Wildman–Crippen LogP) is 2.03. The lowest BCUT2D eigenvalue weighted by Gasteiger charge is -2.13. The van der Waals surface area contributed by atoms with E-state index in [1.54, 1.807) is 13.0 Å². The number of hydrogen-bond donors (Lipinski definition) is 2. The molecule has 1 amide bonds. The van der Waals surface area contributed by atoms with Crippen LogP contribution in [0.3, 0.4) is 0 Å². The molecule has 0 spiro atoms. The van der Waals surface area contributed by atoms with E-state index in [-0.39, 0.29) is 5.15 Å². The van der Waals surface area contributed by atoms with Crippen molar-refractivity contribution in [2.75, 3.05) is 0 Å². The molecule has 0 fully saturated rings. The highest BCUT2D eigenvalue weighted by molar-refractivity contribution is 6.29. The van der Waals surface area contributed by atoms with Crippen molar-refractivity contribution in [2.45, 2.75) is 32.7 Å². The Labute approximate surface area is 110 Å². The number of pyridine rings is 1. The molecule has 18 heavy (non-hydrogen) atoms. The van der Waals surface area contributed by atoms with Crippen molar-refractivity contribution in [1.82, 2.24) is 10.3 Å². The molecule has 0 aliphatic carbocycles. The third-order valence-electron chi connectivity index (χ3n) is 2.37. The van der Waals surface area contributed by atoms with Gasteiger partial charge in [-0.25, -0.2) is 9.78 Å². The second-order valence-electron chi connectivity index (χ2n) is 3.97. The molecule has 1 aromatic rings. The fourth-order valence-corrected chi connectivity index (χ4v) is 1.80. The highest BCUT2D eigenvalue weighted by Gasteiger charge is 2.19. The minimum absolute atomic E-state index is 0.211. The van der Waals surface area contributed by atoms with Crippen LogP contribution < -0.4 is 5.32 Å². The molecule has 0 radical (unpaired) electrons. The summed E-state index contributed by atoms with van der Waals surface area (Å²) in [5.41, 5.74) is 0.921. The predicted molar refractivity (Wildman–Crippen MR) is 67.8 cm³/mol. The highest BCUT2D eigenvalue weighted by atomic mass is 35.5. The minimum atomic E-state index is -1.04. The van der Waals surface area contributed by atoms with Crippen molar-refractivity contribution in [3.63, 3.8) is 0 Å². The number of carboxylic acid groups (broad SMARTS) is 1. The lowest BCUT2D eigenvalue weighted by atomic mass is 10.1. The molecule has 2 N–H and O–H groups in total. The molecule has 0 saturated heterocycles. The Kier molecular flexibility index (Phi) is 5.09. The second kappa shape index (κ2) is 6.35. The molecule has 1 aromatic heterocycles. The van der Waals surface area contributed by atoms with E-state index < -0.39 is 17.9 Å². The van der Waals surface area contributed by atoms with E-state index in [1.807, 2.05) is 6.92 Å². The van der Waals surface area contributed by atoms with Crippen molar-refractivity contribution in [3.05, 3.63) is 28.5 Å². The number of nitrogens with zero attached hydrogens (tertiary/aromatic N) is 1. The normalized spacial score (nSPS) is 11.9. The molecule has 1 heterocycles. The summed E-state index contributed by atoms with van der Waals surface area (Å²) in [6.45, 7) is 3.57. The molecule has 0 aliphatic heterocycles. The van der Waals surface area contributed by atoms with E-state index in [1.165, 1.54) is 6.07 Å². The summed E-state index contributed by atoms with van der Waals surface area (Å²) in [5.74, 6) is -1.50. The number of carbonyl (C=O) groups is 2. The van der Waals surface area contributed by atoms with Gasteiger partial charge in [0.25, 0.3) is 5.91 Å². The van der Waals surface area contributed by atoms with Crippen molar-refractivity contribution in [3.8, 4) is 0 Å². The second-order valence-corrected chi connectivity index (χ2v) is 4.36. The molecule has 0 unspecified atom stereocenters. The number of rotatable bonds is 5. The van der Waals surface area contributed by atoms with Crippen LogP contribution in [0.4, 0.5) is 0 Å². The Balaban J connectivity index is 2.83. The van der Waals surface area contributed by atoms with Gasteiger partial charge in [-0.1, -0.05) is 24.9 Å². The lowest BCUT2D eigenvalue weighted by molar-refractivity contribution is -0.139. The number of halogens is 1. The fraction of sp³-hybridized carbons (Fsp3) is 0.417. The van der Waals surface area contributed by atoms with E-state index in [0.717, 1.165) is 0 Å². The first-order valence-electron chi connectivity index (χ1n) is 5.62. The van der Waals surface area contributed by atoms with Crippen LogP contribution in [0.1, 0.15) is 35.8 Å². The van der Waals surface area contributed by atoms with Gasteiger partial charge in [0.2, 0.25) is 0 Å². The number of carboxylic acids is 1. The smallest absolute Gasteiger partial charge is 0.326 e. The van der Waals surface area contributed by atoms with E-state index in [4.69, 9.17) is 16.7 Å². The standard InChI is InChI=1S/C12H15ClN2O3/c1-3-4-9(12(17)18)15-11(16)8-5-7(2)14-10(13)6-8/h5-6,9H,3-4H2,1-2H3,(H,15,16)(H,17,18)/t9-/m1/s1. The highest BCUT2D eigenvalue weighted by Crippen LogP contribution is 2.11. The molecule has 0 bridgehead atoms. The Morgan fingerprint density at radius 1 is 1.50 bits per heavy atom. The minimum Gasteiger partial charge on any atom is -0.480 e. The van der Waals surface area contributed by atoms with E-state index >= 15 is 0 Å². The number of nitrogens with one attached hydrogen (secondary N) is 1. The SMILES string of the molecule is CCC[C@@H](NC(=O)c1cc(C)nc(Cl)c1)C(=O)O. The van der Waals surface area contributed by atoms with Crippen molar-refractivity contribution in [2.24, 2.45) is 0 Å². The molecular weight excluding hydrogens is 256 g/mol. The van der Waals surface area contributed by atoms with Crippen LogP contribution in [0, 0.1) is 6.92 Å². The van der Waals surface area contributed by atoms with Crippen LogP contribution in [0.5, 0.6) is 0 Å². The van der Waals surface area contributed by atoms with Crippen LogP contribution in [0.25, 0.3) is 0 Å². The first-order valence-corrected chi connectivity index (χ1v) is 5.99. The fourth-order valence-electron chi connectivity index (χ4n) is 1.55. The van der Waals surface area contributed by atoms with Gasteiger partial charge in [0.05, 0.1) is 0 Å². The summed E-state index contributed by atoms with van der Waals surface area (Å²) >= 11 is 5.75. The van der Waals surface area contributed by atoms with Crippen molar-refractivity contribution < 1.29 is 14.7 Å². The van der Waals surface area contributed by atoms with Gasteiger partial charge in [-0.3, -0.25) is 4.79 Å². The molecule has 1 rings (SSSR count). The maximum absolute atomic E-state index is 11.9. The van der Waals surface area contributed by atoms with Crippen molar-refractivity contribution in [1.29, 1.82) is 0 Å². The summed E-state index contributed by atoms with van der Waals surface area (Å²) in [6.07, 6.45) is 1.06.